The summed E-state index contributed by atoms with van der Waals surface area (Å²) in [6, 6.07) is 9.82. The minimum Gasteiger partial charge on any atom is -0.351 e. The lowest BCUT2D eigenvalue weighted by molar-refractivity contribution is -0.133. The minimum absolute atomic E-state index is 0.0621. The maximum absolute atomic E-state index is 13.7. The number of aromatic nitrogens is 2. The predicted molar refractivity (Wildman–Crippen MR) is 128 cm³/mol. The van der Waals surface area contributed by atoms with Crippen LogP contribution in [0, 0.1) is 0 Å². The van der Waals surface area contributed by atoms with Gasteiger partial charge in [-0.15, -0.1) is 0 Å². The van der Waals surface area contributed by atoms with Crippen LogP contribution in [0.2, 0.25) is 5.02 Å². The molecule has 0 radical (unpaired) electrons. The molecule has 1 atom stereocenters. The Kier molecular flexibility index (Phi) is 6.21. The summed E-state index contributed by atoms with van der Waals surface area (Å²) in [5.41, 5.74) is 1.71. The first-order valence-corrected chi connectivity index (χ1v) is 12.8. The summed E-state index contributed by atoms with van der Waals surface area (Å²) >= 11 is 6.04. The highest BCUT2D eigenvalue weighted by Crippen LogP contribution is 2.40. The Morgan fingerprint density at radius 2 is 1.82 bits per heavy atom. The van der Waals surface area contributed by atoms with E-state index >= 15 is 0 Å². The maximum Gasteiger partial charge on any atom is 0.273 e. The molecule has 6 nitrogen and oxygen atoms in total. The number of rotatable bonds is 6. The molecule has 2 heterocycles. The van der Waals surface area contributed by atoms with Crippen molar-refractivity contribution in [2.75, 3.05) is 6.54 Å². The zero-order chi connectivity index (χ0) is 23.0. The number of carbonyl (C=O) groups is 2. The summed E-state index contributed by atoms with van der Waals surface area (Å²) in [6.07, 6.45) is 9.71. The van der Waals surface area contributed by atoms with Gasteiger partial charge in [-0.1, -0.05) is 49.4 Å². The first-order chi connectivity index (χ1) is 15.9. The Labute approximate surface area is 200 Å². The van der Waals surface area contributed by atoms with E-state index in [0.29, 0.717) is 36.1 Å². The maximum atomic E-state index is 13.7. The topological polar surface area (TPSA) is 67.2 Å². The number of halogens is 1. The first-order valence-electron chi connectivity index (χ1n) is 12.4. The number of hydrogen-bond donors (Lipinski definition) is 1. The van der Waals surface area contributed by atoms with E-state index in [1.807, 2.05) is 37.3 Å². The van der Waals surface area contributed by atoms with Crippen molar-refractivity contribution in [2.45, 2.75) is 88.8 Å². The summed E-state index contributed by atoms with van der Waals surface area (Å²) in [7, 11) is 0. The molecule has 0 spiro atoms. The molecular formula is C26H33ClN4O2. The van der Waals surface area contributed by atoms with Crippen LogP contribution in [0.3, 0.4) is 0 Å². The second kappa shape index (κ2) is 9.13. The van der Waals surface area contributed by atoms with Crippen LogP contribution in [0.5, 0.6) is 0 Å². The van der Waals surface area contributed by atoms with Gasteiger partial charge in [-0.2, -0.15) is 5.10 Å². The van der Waals surface area contributed by atoms with Gasteiger partial charge in [0.2, 0.25) is 5.91 Å². The molecule has 5 rings (SSSR count). The van der Waals surface area contributed by atoms with E-state index in [1.165, 1.54) is 12.8 Å². The summed E-state index contributed by atoms with van der Waals surface area (Å²) in [5.74, 6) is 0.297. The summed E-state index contributed by atoms with van der Waals surface area (Å²) in [4.78, 5) is 29.2. The number of carbonyl (C=O) groups excluding carboxylic acids is 2. The van der Waals surface area contributed by atoms with Gasteiger partial charge in [0.25, 0.3) is 5.91 Å². The average Bonchev–Trinajstić information content (AvgIpc) is 3.60. The van der Waals surface area contributed by atoms with Gasteiger partial charge in [-0.05, 0) is 62.8 Å². The zero-order valence-electron chi connectivity index (χ0n) is 19.4. The van der Waals surface area contributed by atoms with E-state index in [-0.39, 0.29) is 17.9 Å². The second-order valence-electron chi connectivity index (χ2n) is 10.2. The standard InChI is InChI=1S/C26H33ClN4O2/c1-26(25(33)28-21-6-4-2-3-5-7-21)17-31-23(16-22(29-31)19-10-11-19)24(32)30(26)15-14-18-8-12-20(27)13-9-18/h8-9,12-13,16,19,21H,2-7,10-11,14-15,17H2,1H3,(H,28,33). The van der Waals surface area contributed by atoms with Gasteiger partial charge in [0, 0.05) is 23.5 Å². The highest BCUT2D eigenvalue weighted by molar-refractivity contribution is 6.30. The fourth-order valence-corrected chi connectivity index (χ4v) is 5.37. The van der Waals surface area contributed by atoms with E-state index in [4.69, 9.17) is 16.7 Å². The lowest BCUT2D eigenvalue weighted by Gasteiger charge is -2.44. The Hall–Kier alpha value is -2.34. The third-order valence-corrected chi connectivity index (χ3v) is 7.78. The van der Waals surface area contributed by atoms with Gasteiger partial charge in [-0.25, -0.2) is 0 Å². The molecule has 2 saturated carbocycles. The number of fused-ring (bicyclic) bond motifs is 1. The highest BCUT2D eigenvalue weighted by atomic mass is 35.5. The van der Waals surface area contributed by atoms with Gasteiger partial charge >= 0.3 is 0 Å². The van der Waals surface area contributed by atoms with Crippen molar-refractivity contribution in [1.29, 1.82) is 0 Å². The molecule has 0 saturated heterocycles. The number of benzene rings is 1. The molecule has 176 valence electrons. The van der Waals surface area contributed by atoms with Crippen LogP contribution >= 0.6 is 11.6 Å². The first kappa shape index (κ1) is 22.5. The molecule has 33 heavy (non-hydrogen) atoms. The molecule has 2 aliphatic carbocycles. The van der Waals surface area contributed by atoms with Crippen LogP contribution in [-0.2, 0) is 17.8 Å². The van der Waals surface area contributed by atoms with Crippen LogP contribution in [-0.4, -0.2) is 44.6 Å². The molecule has 1 aliphatic heterocycles. The monoisotopic (exact) mass is 468 g/mol. The minimum atomic E-state index is -0.977. The third kappa shape index (κ3) is 4.68. The molecule has 1 N–H and O–H groups in total. The van der Waals surface area contributed by atoms with E-state index in [9.17, 15) is 9.59 Å². The van der Waals surface area contributed by atoms with Gasteiger partial charge in [0.1, 0.15) is 11.2 Å². The number of amides is 2. The molecule has 1 aromatic heterocycles. The Balaban J connectivity index is 1.41. The summed E-state index contributed by atoms with van der Waals surface area (Å²) in [5, 5.41) is 8.74. The summed E-state index contributed by atoms with van der Waals surface area (Å²) < 4.78 is 1.78. The smallest absolute Gasteiger partial charge is 0.273 e. The predicted octanol–water partition coefficient (Wildman–Crippen LogP) is 4.71. The van der Waals surface area contributed by atoms with Crippen molar-refractivity contribution in [1.82, 2.24) is 20.0 Å². The lowest BCUT2D eigenvalue weighted by atomic mass is 9.93. The van der Waals surface area contributed by atoms with Gasteiger partial charge in [-0.3, -0.25) is 14.3 Å². The van der Waals surface area contributed by atoms with Crippen molar-refractivity contribution in [3.05, 3.63) is 52.3 Å². The van der Waals surface area contributed by atoms with Crippen molar-refractivity contribution >= 4 is 23.4 Å². The fraction of sp³-hybridized carbons (Fsp3) is 0.577. The third-order valence-electron chi connectivity index (χ3n) is 7.53. The van der Waals surface area contributed by atoms with E-state index in [2.05, 4.69) is 5.32 Å². The van der Waals surface area contributed by atoms with Crippen molar-refractivity contribution in [2.24, 2.45) is 0 Å². The van der Waals surface area contributed by atoms with Crippen LogP contribution in [0.4, 0.5) is 0 Å². The normalized spacial score (nSPS) is 23.8. The number of nitrogens with one attached hydrogen (secondary N) is 1. The van der Waals surface area contributed by atoms with E-state index in [1.54, 1.807) is 9.58 Å². The van der Waals surface area contributed by atoms with Crippen molar-refractivity contribution < 1.29 is 9.59 Å². The number of hydrogen-bond acceptors (Lipinski definition) is 3. The SMILES string of the molecule is CC1(C(=O)NC2CCCCCC2)Cn2nc(C3CC3)cc2C(=O)N1CCc1ccc(Cl)cc1. The Morgan fingerprint density at radius 1 is 1.12 bits per heavy atom. The molecular weight excluding hydrogens is 436 g/mol. The molecule has 1 unspecified atom stereocenters. The van der Waals surface area contributed by atoms with Crippen LogP contribution in [0.15, 0.2) is 30.3 Å². The molecule has 3 aliphatic rings. The second-order valence-corrected chi connectivity index (χ2v) is 10.6. The van der Waals surface area contributed by atoms with Crippen molar-refractivity contribution in [3.8, 4) is 0 Å². The lowest BCUT2D eigenvalue weighted by Crippen LogP contribution is -2.65. The van der Waals surface area contributed by atoms with Crippen molar-refractivity contribution in [3.63, 3.8) is 0 Å². The molecule has 0 bridgehead atoms. The highest BCUT2D eigenvalue weighted by Gasteiger charge is 2.48. The largest absolute Gasteiger partial charge is 0.351 e. The Bertz CT molecular complexity index is 1020. The van der Waals surface area contributed by atoms with Crippen LogP contribution < -0.4 is 5.32 Å². The average molecular weight is 469 g/mol. The fourth-order valence-electron chi connectivity index (χ4n) is 5.25. The molecule has 2 fully saturated rings. The van der Waals surface area contributed by atoms with Gasteiger partial charge in [0.05, 0.1) is 12.2 Å². The summed E-state index contributed by atoms with van der Waals surface area (Å²) in [6.45, 7) is 2.76. The number of nitrogens with zero attached hydrogens (tertiary/aromatic N) is 3. The zero-order valence-corrected chi connectivity index (χ0v) is 20.1. The van der Waals surface area contributed by atoms with Gasteiger partial charge in [0.15, 0.2) is 0 Å². The quantitative estimate of drug-likeness (QED) is 0.624. The van der Waals surface area contributed by atoms with E-state index < -0.39 is 5.54 Å². The molecule has 7 heteroatoms. The molecule has 2 amide bonds. The molecule has 1 aromatic carbocycles. The molecule has 2 aromatic rings. The van der Waals surface area contributed by atoms with E-state index in [0.717, 1.165) is 49.8 Å². The Morgan fingerprint density at radius 3 is 2.48 bits per heavy atom. The van der Waals surface area contributed by atoms with Gasteiger partial charge < -0.3 is 10.2 Å². The van der Waals surface area contributed by atoms with Crippen LogP contribution in [0.1, 0.15) is 86.0 Å². The van der Waals surface area contributed by atoms with Crippen LogP contribution in [0.25, 0.3) is 0 Å².